The van der Waals surface area contributed by atoms with Crippen LogP contribution in [0.25, 0.3) is 0 Å². The molecule has 0 spiro atoms. The van der Waals surface area contributed by atoms with Gasteiger partial charge in [0, 0.05) is 24.5 Å². The van der Waals surface area contributed by atoms with E-state index in [2.05, 4.69) is 24.8 Å². The third-order valence-electron chi connectivity index (χ3n) is 6.32. The molecule has 4 rings (SSSR count). The third-order valence-corrected chi connectivity index (χ3v) is 9.25. The van der Waals surface area contributed by atoms with Crippen molar-refractivity contribution < 1.29 is 13.2 Å². The Morgan fingerprint density at radius 1 is 1.06 bits per heavy atom. The van der Waals surface area contributed by atoms with E-state index in [9.17, 15) is 8.42 Å². The van der Waals surface area contributed by atoms with Gasteiger partial charge in [-0.1, -0.05) is 32.4 Å². The monoisotopic (exact) mass is 462 g/mol. The maximum atomic E-state index is 13.1. The van der Waals surface area contributed by atoms with Crippen LogP contribution in [-0.2, 0) is 23.0 Å². The number of nitrogens with zero attached hydrogens (tertiary/aromatic N) is 2. The number of benzene rings is 1. The summed E-state index contributed by atoms with van der Waals surface area (Å²) in [6.07, 6.45) is 5.78. The molecule has 0 N–H and O–H groups in total. The van der Waals surface area contributed by atoms with Crippen LogP contribution >= 0.6 is 11.3 Å². The van der Waals surface area contributed by atoms with Crippen molar-refractivity contribution in [2.75, 3.05) is 32.8 Å². The van der Waals surface area contributed by atoms with Gasteiger partial charge in [-0.15, -0.1) is 11.3 Å². The quantitative estimate of drug-likeness (QED) is 0.525. The Kier molecular flexibility index (Phi) is 7.37. The van der Waals surface area contributed by atoms with Crippen LogP contribution in [0.2, 0.25) is 0 Å². The van der Waals surface area contributed by atoms with E-state index in [-0.39, 0.29) is 0 Å². The molecule has 1 aromatic heterocycles. The summed E-state index contributed by atoms with van der Waals surface area (Å²) < 4.78 is 33.9. The van der Waals surface area contributed by atoms with Crippen molar-refractivity contribution in [2.45, 2.75) is 63.3 Å². The molecular weight excluding hydrogens is 428 g/mol. The highest BCUT2D eigenvalue weighted by molar-refractivity contribution is 7.89. The second-order valence-corrected chi connectivity index (χ2v) is 12.0. The first kappa shape index (κ1) is 22.8. The highest BCUT2D eigenvalue weighted by atomic mass is 32.2. The van der Waals surface area contributed by atoms with Gasteiger partial charge in [-0.3, -0.25) is 0 Å². The lowest BCUT2D eigenvalue weighted by molar-refractivity contribution is 0.206. The van der Waals surface area contributed by atoms with Crippen molar-refractivity contribution in [3.63, 3.8) is 0 Å². The zero-order valence-electron chi connectivity index (χ0n) is 18.7. The fourth-order valence-electron chi connectivity index (χ4n) is 4.36. The fourth-order valence-corrected chi connectivity index (χ4v) is 6.95. The molecule has 170 valence electrons. The number of hydrogen-bond donors (Lipinski definition) is 0. The van der Waals surface area contributed by atoms with E-state index in [1.807, 2.05) is 12.1 Å². The first-order chi connectivity index (χ1) is 14.9. The first-order valence-electron chi connectivity index (χ1n) is 11.5. The highest BCUT2D eigenvalue weighted by Gasteiger charge is 2.30. The van der Waals surface area contributed by atoms with Crippen molar-refractivity contribution in [2.24, 2.45) is 0 Å². The first-order valence-corrected chi connectivity index (χ1v) is 13.8. The number of thiophene rings is 1. The molecule has 2 aliphatic heterocycles. The lowest BCUT2D eigenvalue weighted by atomic mass is 10.0. The zero-order valence-corrected chi connectivity index (χ0v) is 20.3. The van der Waals surface area contributed by atoms with Crippen LogP contribution in [0.5, 0.6) is 5.06 Å². The van der Waals surface area contributed by atoms with Crippen LogP contribution in [0.1, 0.15) is 61.5 Å². The lowest BCUT2D eigenvalue weighted by Gasteiger charge is -2.26. The summed E-state index contributed by atoms with van der Waals surface area (Å²) in [5.74, 6) is 0.388. The molecule has 1 fully saturated rings. The molecule has 0 bridgehead atoms. The second kappa shape index (κ2) is 10.0. The number of fused-ring (bicyclic) bond motifs is 1. The third kappa shape index (κ3) is 5.51. The van der Waals surface area contributed by atoms with E-state index in [0.717, 1.165) is 41.5 Å². The SMILES string of the molecule is CC(C)c1ccc(S(=O)(=O)N2CCc3cc(OCCCN4CCCCC4)sc3C2)cc1. The van der Waals surface area contributed by atoms with Gasteiger partial charge in [-0.05, 0) is 74.0 Å². The van der Waals surface area contributed by atoms with Gasteiger partial charge in [-0.2, -0.15) is 4.31 Å². The molecule has 0 radical (unpaired) electrons. The van der Waals surface area contributed by atoms with Crippen molar-refractivity contribution in [1.82, 2.24) is 9.21 Å². The van der Waals surface area contributed by atoms with Gasteiger partial charge < -0.3 is 9.64 Å². The topological polar surface area (TPSA) is 49.9 Å². The lowest BCUT2D eigenvalue weighted by Crippen LogP contribution is -2.35. The average molecular weight is 463 g/mol. The molecule has 0 unspecified atom stereocenters. The smallest absolute Gasteiger partial charge is 0.243 e. The van der Waals surface area contributed by atoms with Crippen molar-refractivity contribution in [3.05, 3.63) is 46.3 Å². The minimum Gasteiger partial charge on any atom is -0.484 e. The zero-order chi connectivity index (χ0) is 21.8. The van der Waals surface area contributed by atoms with Crippen molar-refractivity contribution >= 4 is 21.4 Å². The van der Waals surface area contributed by atoms with Gasteiger partial charge in [0.2, 0.25) is 10.0 Å². The normalized spacial score (nSPS) is 18.3. The molecular formula is C24H34N2O3S2. The number of ether oxygens (including phenoxy) is 1. The molecule has 0 amide bonds. The van der Waals surface area contributed by atoms with Gasteiger partial charge in [0.1, 0.15) is 0 Å². The maximum absolute atomic E-state index is 13.1. The molecule has 0 atom stereocenters. The summed E-state index contributed by atoms with van der Waals surface area (Å²) in [6, 6.07) is 9.45. The Morgan fingerprint density at radius 2 is 1.81 bits per heavy atom. The number of piperidine rings is 1. The molecule has 1 aromatic carbocycles. The minimum atomic E-state index is -3.48. The van der Waals surface area contributed by atoms with E-state index in [1.165, 1.54) is 37.9 Å². The summed E-state index contributed by atoms with van der Waals surface area (Å²) >= 11 is 1.60. The molecule has 7 heteroatoms. The molecule has 2 aromatic rings. The Bertz CT molecular complexity index is 961. The van der Waals surface area contributed by atoms with Crippen LogP contribution in [0.15, 0.2) is 35.2 Å². The summed E-state index contributed by atoms with van der Waals surface area (Å²) in [4.78, 5) is 4.02. The number of hydrogen-bond acceptors (Lipinski definition) is 5. The minimum absolute atomic E-state index is 0.381. The molecule has 5 nitrogen and oxygen atoms in total. The Hall–Kier alpha value is -1.41. The molecule has 3 heterocycles. The van der Waals surface area contributed by atoms with Crippen LogP contribution in [0, 0.1) is 0 Å². The van der Waals surface area contributed by atoms with Gasteiger partial charge in [-0.25, -0.2) is 8.42 Å². The fraction of sp³-hybridized carbons (Fsp3) is 0.583. The number of likely N-dealkylation sites (tertiary alicyclic amines) is 1. The molecule has 0 aliphatic carbocycles. The van der Waals surface area contributed by atoms with E-state index >= 15 is 0 Å². The van der Waals surface area contributed by atoms with E-state index in [0.29, 0.717) is 23.9 Å². The maximum Gasteiger partial charge on any atom is 0.243 e. The largest absolute Gasteiger partial charge is 0.484 e. The van der Waals surface area contributed by atoms with Crippen LogP contribution in [-0.4, -0.2) is 50.4 Å². The van der Waals surface area contributed by atoms with Gasteiger partial charge in [0.15, 0.2) is 5.06 Å². The molecule has 1 saturated heterocycles. The average Bonchev–Trinajstić information content (AvgIpc) is 3.19. The summed E-state index contributed by atoms with van der Waals surface area (Å²) in [5.41, 5.74) is 2.39. The summed E-state index contributed by atoms with van der Waals surface area (Å²) in [5, 5.41) is 0.921. The number of rotatable bonds is 8. The predicted molar refractivity (Wildman–Crippen MR) is 127 cm³/mol. The van der Waals surface area contributed by atoms with Crippen molar-refractivity contribution in [3.8, 4) is 5.06 Å². The predicted octanol–water partition coefficient (Wildman–Crippen LogP) is 4.87. The molecule has 2 aliphatic rings. The van der Waals surface area contributed by atoms with Gasteiger partial charge >= 0.3 is 0 Å². The van der Waals surface area contributed by atoms with Gasteiger partial charge in [0.05, 0.1) is 11.5 Å². The Morgan fingerprint density at radius 3 is 2.52 bits per heavy atom. The standard InChI is InChI=1S/C24H34N2O3S2/c1-19(2)20-7-9-22(10-8-20)31(27,28)26-15-11-21-17-24(30-23(21)18-26)29-16-6-14-25-12-4-3-5-13-25/h7-10,17,19H,3-6,11-16,18H2,1-2H3. The van der Waals surface area contributed by atoms with Crippen LogP contribution in [0.3, 0.4) is 0 Å². The second-order valence-electron chi connectivity index (χ2n) is 8.93. The molecule has 31 heavy (non-hydrogen) atoms. The summed E-state index contributed by atoms with van der Waals surface area (Å²) in [7, 11) is -3.48. The van der Waals surface area contributed by atoms with E-state index in [4.69, 9.17) is 4.74 Å². The van der Waals surface area contributed by atoms with Crippen molar-refractivity contribution in [1.29, 1.82) is 0 Å². The van der Waals surface area contributed by atoms with Gasteiger partial charge in [0.25, 0.3) is 0 Å². The molecule has 0 saturated carbocycles. The van der Waals surface area contributed by atoms with E-state index < -0.39 is 10.0 Å². The Labute approximate surface area is 191 Å². The van der Waals surface area contributed by atoms with E-state index in [1.54, 1.807) is 27.8 Å². The Balaban J connectivity index is 1.33. The number of sulfonamides is 1. The van der Waals surface area contributed by atoms with Crippen LogP contribution < -0.4 is 4.74 Å². The van der Waals surface area contributed by atoms with Crippen LogP contribution in [0.4, 0.5) is 0 Å². The highest BCUT2D eigenvalue weighted by Crippen LogP contribution is 2.35. The summed E-state index contributed by atoms with van der Waals surface area (Å²) in [6.45, 7) is 9.44.